The van der Waals surface area contributed by atoms with E-state index in [0.717, 1.165) is 0 Å². The van der Waals surface area contributed by atoms with E-state index in [2.05, 4.69) is 15.6 Å². The second-order valence-electron chi connectivity index (χ2n) is 5.26. The molecule has 1 aromatic heterocycles. The van der Waals surface area contributed by atoms with Crippen molar-refractivity contribution in [3.63, 3.8) is 0 Å². The molecule has 3 N–H and O–H groups in total. The number of halogens is 2. The van der Waals surface area contributed by atoms with Crippen molar-refractivity contribution in [2.75, 3.05) is 30.8 Å². The van der Waals surface area contributed by atoms with Gasteiger partial charge in [0.25, 0.3) is 11.8 Å². The average Bonchev–Trinajstić information content (AvgIpc) is 2.49. The van der Waals surface area contributed by atoms with Crippen LogP contribution >= 0.6 is 11.6 Å². The molecular weight excluding hydrogens is 335 g/mol. The Morgan fingerprint density at radius 1 is 1.17 bits per heavy atom. The summed E-state index contributed by atoms with van der Waals surface area (Å²) in [6.45, 7) is 0.131. The fourth-order valence-electron chi connectivity index (χ4n) is 2.06. The number of hydrogen-bond donors (Lipinski definition) is 3. The van der Waals surface area contributed by atoms with Crippen LogP contribution in [0.5, 0.6) is 0 Å². The second kappa shape index (κ2) is 8.37. The zero-order valence-electron chi connectivity index (χ0n) is 13.0. The molecule has 0 fully saturated rings. The Morgan fingerprint density at radius 3 is 2.54 bits per heavy atom. The molecule has 1 unspecified atom stereocenters. The van der Waals surface area contributed by atoms with Crippen LogP contribution in [0.1, 0.15) is 0 Å². The largest absolute Gasteiger partial charge is 0.322 e. The van der Waals surface area contributed by atoms with E-state index in [9.17, 15) is 14.0 Å². The topological polar surface area (TPSA) is 75.5 Å². The number of anilines is 2. The Balaban J connectivity index is 1.81. The molecule has 0 aliphatic carbocycles. The molecule has 0 spiro atoms. The predicted octanol–water partition coefficient (Wildman–Crippen LogP) is 0.966. The van der Waals surface area contributed by atoms with E-state index >= 15 is 0 Å². The van der Waals surface area contributed by atoms with Crippen LogP contribution in [0.4, 0.5) is 15.8 Å². The smallest absolute Gasteiger partial charge is 0.279 e. The molecule has 0 bridgehead atoms. The Hall–Kier alpha value is -2.51. The zero-order valence-corrected chi connectivity index (χ0v) is 13.7. The summed E-state index contributed by atoms with van der Waals surface area (Å²) < 4.78 is 13.1. The van der Waals surface area contributed by atoms with Crippen LogP contribution in [-0.2, 0) is 9.59 Å². The molecule has 0 aliphatic rings. The predicted molar refractivity (Wildman–Crippen MR) is 89.5 cm³/mol. The highest BCUT2D eigenvalue weighted by Gasteiger charge is 2.15. The van der Waals surface area contributed by atoms with Crippen LogP contribution in [0.3, 0.4) is 0 Å². The van der Waals surface area contributed by atoms with Gasteiger partial charge in [0, 0.05) is 11.9 Å². The van der Waals surface area contributed by atoms with E-state index in [-0.39, 0.29) is 30.1 Å². The maximum absolute atomic E-state index is 13.1. The number of carbonyl (C=O) groups excluding carboxylic acids is 2. The number of carbonyl (C=O) groups is 2. The van der Waals surface area contributed by atoms with Gasteiger partial charge in [0.15, 0.2) is 18.2 Å². The summed E-state index contributed by atoms with van der Waals surface area (Å²) in [5.41, 5.74) is 0.792. The fourth-order valence-corrected chi connectivity index (χ4v) is 2.22. The van der Waals surface area contributed by atoms with Crippen molar-refractivity contribution in [3.05, 3.63) is 53.6 Å². The third-order valence-electron chi connectivity index (χ3n) is 3.07. The van der Waals surface area contributed by atoms with Crippen molar-refractivity contribution in [1.29, 1.82) is 0 Å². The molecule has 0 aliphatic heterocycles. The van der Waals surface area contributed by atoms with Gasteiger partial charge in [0.2, 0.25) is 0 Å². The number of hydrogen-bond acceptors (Lipinski definition) is 3. The minimum Gasteiger partial charge on any atom is -0.322 e. The minimum absolute atomic E-state index is 0.0602. The van der Waals surface area contributed by atoms with Gasteiger partial charge >= 0.3 is 0 Å². The lowest BCUT2D eigenvalue weighted by molar-refractivity contribution is -0.862. The van der Waals surface area contributed by atoms with E-state index < -0.39 is 5.82 Å². The van der Waals surface area contributed by atoms with E-state index in [1.165, 1.54) is 24.4 Å². The van der Waals surface area contributed by atoms with Crippen LogP contribution in [0.2, 0.25) is 5.15 Å². The standard InChI is InChI=1S/C16H16ClFN4O2/c1-22(9-14(23)20-12-5-2-4-11(18)8-12)10-15(24)21-13-6-3-7-19-16(13)17/h2-8H,9-10H2,1H3,(H,20,23)(H,21,24)/p+1. The number of aromatic nitrogens is 1. The highest BCUT2D eigenvalue weighted by molar-refractivity contribution is 6.32. The monoisotopic (exact) mass is 351 g/mol. The lowest BCUT2D eigenvalue weighted by Gasteiger charge is -2.14. The van der Waals surface area contributed by atoms with Gasteiger partial charge in [-0.1, -0.05) is 17.7 Å². The van der Waals surface area contributed by atoms with Crippen LogP contribution < -0.4 is 15.5 Å². The van der Waals surface area contributed by atoms with Crippen molar-refractivity contribution in [3.8, 4) is 0 Å². The third-order valence-corrected chi connectivity index (χ3v) is 3.37. The molecule has 126 valence electrons. The Labute approximate surface area is 143 Å². The Morgan fingerprint density at radius 2 is 1.88 bits per heavy atom. The summed E-state index contributed by atoms with van der Waals surface area (Å²) in [6.07, 6.45) is 1.52. The molecule has 1 atom stereocenters. The maximum Gasteiger partial charge on any atom is 0.279 e. The van der Waals surface area contributed by atoms with Crippen molar-refractivity contribution >= 4 is 34.8 Å². The number of quaternary nitrogens is 1. The third kappa shape index (κ3) is 5.60. The summed E-state index contributed by atoms with van der Waals surface area (Å²) >= 11 is 5.86. The quantitative estimate of drug-likeness (QED) is 0.679. The molecule has 0 radical (unpaired) electrons. The lowest BCUT2D eigenvalue weighted by atomic mass is 10.3. The van der Waals surface area contributed by atoms with Gasteiger partial charge in [-0.3, -0.25) is 9.59 Å². The Bertz CT molecular complexity index is 742. The number of benzene rings is 1. The highest BCUT2D eigenvalue weighted by atomic mass is 35.5. The number of nitrogens with zero attached hydrogens (tertiary/aromatic N) is 1. The van der Waals surface area contributed by atoms with Gasteiger partial charge in [0.05, 0.1) is 12.7 Å². The van der Waals surface area contributed by atoms with Crippen LogP contribution in [0, 0.1) is 5.82 Å². The number of rotatable bonds is 6. The highest BCUT2D eigenvalue weighted by Crippen LogP contribution is 2.16. The first-order valence-electron chi connectivity index (χ1n) is 7.21. The molecule has 6 nitrogen and oxygen atoms in total. The Kier molecular flexibility index (Phi) is 6.22. The van der Waals surface area contributed by atoms with Crippen molar-refractivity contribution in [2.45, 2.75) is 0 Å². The molecule has 1 heterocycles. The molecule has 8 heteroatoms. The van der Waals surface area contributed by atoms with Gasteiger partial charge in [-0.05, 0) is 30.3 Å². The summed E-state index contributed by atoms with van der Waals surface area (Å²) in [5.74, 6) is -1.03. The summed E-state index contributed by atoms with van der Waals surface area (Å²) in [7, 11) is 1.70. The van der Waals surface area contributed by atoms with Gasteiger partial charge < -0.3 is 15.5 Å². The number of pyridine rings is 1. The van der Waals surface area contributed by atoms with E-state index in [4.69, 9.17) is 11.6 Å². The zero-order chi connectivity index (χ0) is 17.5. The summed E-state index contributed by atoms with van der Waals surface area (Å²) in [4.78, 5) is 28.4. The number of amides is 2. The van der Waals surface area contributed by atoms with Gasteiger partial charge in [-0.25, -0.2) is 9.37 Å². The normalized spacial score (nSPS) is 11.6. The molecule has 2 aromatic rings. The van der Waals surface area contributed by atoms with Crippen LogP contribution in [-0.4, -0.2) is 36.9 Å². The van der Waals surface area contributed by atoms with E-state index in [1.807, 2.05) is 0 Å². The van der Waals surface area contributed by atoms with Gasteiger partial charge in [-0.15, -0.1) is 0 Å². The molecule has 0 saturated heterocycles. The summed E-state index contributed by atoms with van der Waals surface area (Å²) in [6, 6.07) is 8.91. The van der Waals surface area contributed by atoms with Crippen LogP contribution in [0.25, 0.3) is 0 Å². The molecule has 0 saturated carbocycles. The maximum atomic E-state index is 13.1. The van der Waals surface area contributed by atoms with E-state index in [0.29, 0.717) is 16.3 Å². The average molecular weight is 352 g/mol. The molecule has 24 heavy (non-hydrogen) atoms. The van der Waals surface area contributed by atoms with Gasteiger partial charge in [0.1, 0.15) is 5.82 Å². The molecule has 2 amide bonds. The fraction of sp³-hybridized carbons (Fsp3) is 0.188. The van der Waals surface area contributed by atoms with Gasteiger partial charge in [-0.2, -0.15) is 0 Å². The number of likely N-dealkylation sites (N-methyl/N-ethyl adjacent to an activating group) is 1. The van der Waals surface area contributed by atoms with Crippen molar-refractivity contribution in [1.82, 2.24) is 4.98 Å². The van der Waals surface area contributed by atoms with Crippen LogP contribution in [0.15, 0.2) is 42.6 Å². The first-order valence-corrected chi connectivity index (χ1v) is 7.59. The SMILES string of the molecule is C[NH+](CC(=O)Nc1cccc(F)c1)CC(=O)Nc1cccnc1Cl. The number of nitrogens with one attached hydrogen (secondary N) is 3. The van der Waals surface area contributed by atoms with Crippen molar-refractivity contribution in [2.24, 2.45) is 0 Å². The lowest BCUT2D eigenvalue weighted by Crippen LogP contribution is -3.11. The van der Waals surface area contributed by atoms with Crippen molar-refractivity contribution < 1.29 is 18.9 Å². The van der Waals surface area contributed by atoms with E-state index in [1.54, 1.807) is 25.2 Å². The first-order chi connectivity index (χ1) is 11.4. The summed E-state index contributed by atoms with van der Waals surface area (Å²) in [5, 5.41) is 5.42. The first kappa shape index (κ1) is 17.8. The second-order valence-corrected chi connectivity index (χ2v) is 5.62. The molecule has 2 rings (SSSR count). The molecule has 1 aromatic carbocycles. The molecular formula is C16H17ClFN4O2+. The minimum atomic E-state index is -0.429.